The van der Waals surface area contributed by atoms with Gasteiger partial charge in [0.05, 0.1) is 16.3 Å². The summed E-state index contributed by atoms with van der Waals surface area (Å²) in [5.74, 6) is 0. The van der Waals surface area contributed by atoms with Crippen molar-refractivity contribution >= 4 is 27.1 Å². The summed E-state index contributed by atoms with van der Waals surface area (Å²) >= 11 is 0. The van der Waals surface area contributed by atoms with E-state index in [0.29, 0.717) is 11.4 Å². The molecule has 2 aromatic rings. The van der Waals surface area contributed by atoms with Crippen molar-refractivity contribution in [1.29, 1.82) is 0 Å². The third kappa shape index (κ3) is 2.13. The topological polar surface area (TPSA) is 89.4 Å². The molecule has 0 atom stereocenters. The molecule has 104 valence electrons. The number of benzene rings is 2. The predicted molar refractivity (Wildman–Crippen MR) is 79.4 cm³/mol. The van der Waals surface area contributed by atoms with E-state index < -0.39 is 10.0 Å². The summed E-state index contributed by atoms with van der Waals surface area (Å²) in [6.07, 6.45) is 0.912. The van der Waals surface area contributed by atoms with Gasteiger partial charge in [0.25, 0.3) is 0 Å². The maximum absolute atomic E-state index is 11.5. The minimum absolute atomic E-state index is 0.0751. The lowest BCUT2D eigenvalue weighted by atomic mass is 10.2. The average Bonchev–Trinajstić information content (AvgIpc) is 2.82. The van der Waals surface area contributed by atoms with Crippen LogP contribution < -0.4 is 15.8 Å². The van der Waals surface area contributed by atoms with Crippen LogP contribution in [0.15, 0.2) is 47.4 Å². The van der Waals surface area contributed by atoms with E-state index >= 15 is 0 Å². The molecule has 1 aliphatic rings. The van der Waals surface area contributed by atoms with Gasteiger partial charge in [-0.1, -0.05) is 18.2 Å². The van der Waals surface area contributed by atoms with Gasteiger partial charge in [0.15, 0.2) is 0 Å². The van der Waals surface area contributed by atoms with E-state index in [2.05, 4.69) is 6.07 Å². The minimum Gasteiger partial charge on any atom is -0.397 e. The van der Waals surface area contributed by atoms with Gasteiger partial charge in [-0.3, -0.25) is 0 Å². The Morgan fingerprint density at radius 2 is 1.80 bits per heavy atom. The molecule has 2 aromatic carbocycles. The fourth-order valence-electron chi connectivity index (χ4n) is 2.52. The van der Waals surface area contributed by atoms with Crippen molar-refractivity contribution in [3.8, 4) is 0 Å². The fraction of sp³-hybridized carbons (Fsp3) is 0.143. The summed E-state index contributed by atoms with van der Waals surface area (Å²) < 4.78 is 23.0. The molecule has 3 rings (SSSR count). The summed E-state index contributed by atoms with van der Waals surface area (Å²) in [5.41, 5.74) is 9.50. The molecule has 0 aromatic heterocycles. The van der Waals surface area contributed by atoms with E-state index in [1.54, 1.807) is 6.07 Å². The highest BCUT2D eigenvalue weighted by molar-refractivity contribution is 7.89. The van der Waals surface area contributed by atoms with Gasteiger partial charge in [-0.05, 0) is 36.2 Å². The summed E-state index contributed by atoms with van der Waals surface area (Å²) in [6.45, 7) is 0.775. The SMILES string of the molecule is Nc1ccc(S(N)(=O)=O)cc1N1CCc2ccccc21. The first-order chi connectivity index (χ1) is 9.47. The smallest absolute Gasteiger partial charge is 0.238 e. The van der Waals surface area contributed by atoms with Gasteiger partial charge < -0.3 is 10.6 Å². The Hall–Kier alpha value is -2.05. The second-order valence-corrected chi connectivity index (χ2v) is 6.36. The number of fused-ring (bicyclic) bond motifs is 1. The lowest BCUT2D eigenvalue weighted by molar-refractivity contribution is 0.598. The van der Waals surface area contributed by atoms with Crippen LogP contribution in [0.2, 0.25) is 0 Å². The molecule has 0 unspecified atom stereocenters. The van der Waals surface area contributed by atoms with Gasteiger partial charge in [0.1, 0.15) is 0 Å². The average molecular weight is 289 g/mol. The monoisotopic (exact) mass is 289 g/mol. The summed E-state index contributed by atoms with van der Waals surface area (Å²) in [6, 6.07) is 12.6. The molecule has 0 saturated heterocycles. The molecule has 5 nitrogen and oxygen atoms in total. The Balaban J connectivity index is 2.12. The molecule has 0 bridgehead atoms. The maximum atomic E-state index is 11.5. The fourth-order valence-corrected chi connectivity index (χ4v) is 3.06. The minimum atomic E-state index is -3.73. The van der Waals surface area contributed by atoms with E-state index in [-0.39, 0.29) is 4.90 Å². The number of hydrogen-bond acceptors (Lipinski definition) is 4. The van der Waals surface area contributed by atoms with Crippen molar-refractivity contribution in [3.63, 3.8) is 0 Å². The zero-order valence-corrected chi connectivity index (χ0v) is 11.6. The molecule has 0 radical (unpaired) electrons. The van der Waals surface area contributed by atoms with Crippen LogP contribution >= 0.6 is 0 Å². The third-order valence-corrected chi connectivity index (χ3v) is 4.42. The van der Waals surface area contributed by atoms with E-state index in [4.69, 9.17) is 10.9 Å². The quantitative estimate of drug-likeness (QED) is 0.822. The maximum Gasteiger partial charge on any atom is 0.238 e. The molecular formula is C14H15N3O2S. The number of sulfonamides is 1. The highest BCUT2D eigenvalue weighted by Gasteiger charge is 2.22. The second-order valence-electron chi connectivity index (χ2n) is 4.80. The van der Waals surface area contributed by atoms with E-state index in [0.717, 1.165) is 18.7 Å². The standard InChI is InChI=1S/C14H15N3O2S/c15-12-6-5-11(20(16,18)19)9-14(12)17-8-7-10-3-1-2-4-13(10)17/h1-6,9H,7-8,15H2,(H2,16,18,19). The highest BCUT2D eigenvalue weighted by Crippen LogP contribution is 2.38. The zero-order chi connectivity index (χ0) is 14.3. The summed E-state index contributed by atoms with van der Waals surface area (Å²) in [5, 5.41) is 5.18. The largest absolute Gasteiger partial charge is 0.397 e. The van der Waals surface area contributed by atoms with Crippen molar-refractivity contribution < 1.29 is 8.42 Å². The molecule has 0 spiro atoms. The molecule has 0 saturated carbocycles. The van der Waals surface area contributed by atoms with Crippen LogP contribution in [0.4, 0.5) is 17.1 Å². The first kappa shape index (κ1) is 13.0. The van der Waals surface area contributed by atoms with Crippen LogP contribution in [0.5, 0.6) is 0 Å². The summed E-state index contributed by atoms with van der Waals surface area (Å²) in [7, 11) is -3.73. The van der Waals surface area contributed by atoms with Crippen LogP contribution in [0.25, 0.3) is 0 Å². The van der Waals surface area contributed by atoms with Crippen LogP contribution in [-0.4, -0.2) is 15.0 Å². The Morgan fingerprint density at radius 1 is 1.05 bits per heavy atom. The zero-order valence-electron chi connectivity index (χ0n) is 10.8. The molecule has 20 heavy (non-hydrogen) atoms. The molecule has 0 amide bonds. The number of anilines is 3. The van der Waals surface area contributed by atoms with Crippen LogP contribution in [0, 0.1) is 0 Å². The molecular weight excluding hydrogens is 274 g/mol. The van der Waals surface area contributed by atoms with Gasteiger partial charge in [0, 0.05) is 12.2 Å². The molecule has 4 N–H and O–H groups in total. The normalized spacial score (nSPS) is 14.3. The molecule has 1 aliphatic heterocycles. The molecule has 0 fully saturated rings. The Bertz CT molecular complexity index is 772. The number of rotatable bonds is 2. The van der Waals surface area contributed by atoms with Crippen LogP contribution in [-0.2, 0) is 16.4 Å². The number of para-hydroxylation sites is 1. The Kier molecular flexibility index (Phi) is 2.92. The lowest BCUT2D eigenvalue weighted by Gasteiger charge is -2.22. The van der Waals surface area contributed by atoms with E-state index in [1.165, 1.54) is 17.7 Å². The van der Waals surface area contributed by atoms with E-state index in [1.807, 2.05) is 23.1 Å². The first-order valence-corrected chi connectivity index (χ1v) is 7.79. The molecule has 1 heterocycles. The summed E-state index contributed by atoms with van der Waals surface area (Å²) in [4.78, 5) is 2.10. The number of nitrogen functional groups attached to an aromatic ring is 1. The number of hydrogen-bond donors (Lipinski definition) is 2. The Morgan fingerprint density at radius 3 is 2.55 bits per heavy atom. The third-order valence-electron chi connectivity index (χ3n) is 3.51. The van der Waals surface area contributed by atoms with Crippen molar-refractivity contribution in [2.45, 2.75) is 11.3 Å². The number of nitrogens with two attached hydrogens (primary N) is 2. The van der Waals surface area contributed by atoms with Crippen molar-refractivity contribution in [3.05, 3.63) is 48.0 Å². The van der Waals surface area contributed by atoms with Gasteiger partial charge >= 0.3 is 0 Å². The molecule has 6 heteroatoms. The number of nitrogens with zero attached hydrogens (tertiary/aromatic N) is 1. The van der Waals surface area contributed by atoms with Gasteiger partial charge in [0.2, 0.25) is 10.0 Å². The predicted octanol–water partition coefficient (Wildman–Crippen LogP) is 1.61. The van der Waals surface area contributed by atoms with Gasteiger partial charge in [-0.2, -0.15) is 0 Å². The second kappa shape index (κ2) is 4.50. The first-order valence-electron chi connectivity index (χ1n) is 6.24. The van der Waals surface area contributed by atoms with Crippen LogP contribution in [0.1, 0.15) is 5.56 Å². The van der Waals surface area contributed by atoms with Crippen LogP contribution in [0.3, 0.4) is 0 Å². The molecule has 0 aliphatic carbocycles. The van der Waals surface area contributed by atoms with Gasteiger partial charge in [-0.25, -0.2) is 13.6 Å². The highest BCUT2D eigenvalue weighted by atomic mass is 32.2. The Labute approximate surface area is 117 Å². The number of primary sulfonamides is 1. The van der Waals surface area contributed by atoms with E-state index in [9.17, 15) is 8.42 Å². The van der Waals surface area contributed by atoms with Crippen molar-refractivity contribution in [2.24, 2.45) is 5.14 Å². The van der Waals surface area contributed by atoms with Gasteiger partial charge in [-0.15, -0.1) is 0 Å². The lowest BCUT2D eigenvalue weighted by Crippen LogP contribution is -2.17. The van der Waals surface area contributed by atoms with Crippen molar-refractivity contribution in [1.82, 2.24) is 0 Å². The van der Waals surface area contributed by atoms with Crippen molar-refractivity contribution in [2.75, 3.05) is 17.2 Å².